The van der Waals surface area contributed by atoms with E-state index in [4.69, 9.17) is 11.6 Å². The van der Waals surface area contributed by atoms with Gasteiger partial charge in [-0.1, -0.05) is 29.8 Å². The third-order valence-electron chi connectivity index (χ3n) is 2.74. The Morgan fingerprint density at radius 3 is 2.90 bits per heavy atom. The molecule has 1 heterocycles. The third kappa shape index (κ3) is 4.57. The number of hydrogen-bond donors (Lipinski definition) is 2. The van der Waals surface area contributed by atoms with Gasteiger partial charge in [-0.3, -0.25) is 20.6 Å². The largest absolute Gasteiger partial charge is 0.288 e. The standard InChI is InChI=1S/C15H15ClN4O/c1-11(21)20-19-10-18-15-9-17-7-6-13(15)8-12-4-2-3-5-14(12)16/h2-7,9-10H,8H2,1H3,(H,18,19)(H,20,21). The summed E-state index contributed by atoms with van der Waals surface area (Å²) < 4.78 is 0. The minimum absolute atomic E-state index is 0.191. The van der Waals surface area contributed by atoms with Crippen LogP contribution in [0.15, 0.2) is 47.7 Å². The zero-order valence-corrected chi connectivity index (χ0v) is 12.3. The van der Waals surface area contributed by atoms with Crippen LogP contribution in [0.5, 0.6) is 0 Å². The molecule has 0 unspecified atom stereocenters. The lowest BCUT2D eigenvalue weighted by molar-refractivity contribution is -0.119. The van der Waals surface area contributed by atoms with Crippen molar-refractivity contribution in [1.82, 2.24) is 15.8 Å². The van der Waals surface area contributed by atoms with Gasteiger partial charge in [-0.05, 0) is 23.3 Å². The molecule has 0 saturated heterocycles. The molecule has 1 aromatic heterocycles. The highest BCUT2D eigenvalue weighted by molar-refractivity contribution is 6.31. The van der Waals surface area contributed by atoms with Crippen molar-refractivity contribution in [3.8, 4) is 0 Å². The summed E-state index contributed by atoms with van der Waals surface area (Å²) in [7, 11) is 0. The van der Waals surface area contributed by atoms with Gasteiger partial charge >= 0.3 is 0 Å². The van der Waals surface area contributed by atoms with Crippen LogP contribution in [0, 0.1) is 0 Å². The zero-order valence-electron chi connectivity index (χ0n) is 11.5. The molecule has 0 spiro atoms. The Morgan fingerprint density at radius 2 is 2.14 bits per heavy atom. The number of aromatic nitrogens is 1. The van der Waals surface area contributed by atoms with Gasteiger partial charge in [0.1, 0.15) is 6.34 Å². The van der Waals surface area contributed by atoms with Crippen LogP contribution in [0.4, 0.5) is 5.69 Å². The Morgan fingerprint density at radius 1 is 1.33 bits per heavy atom. The summed E-state index contributed by atoms with van der Waals surface area (Å²) in [5.74, 6) is -0.191. The molecule has 1 aromatic carbocycles. The minimum Gasteiger partial charge on any atom is -0.288 e. The molecule has 5 nitrogen and oxygen atoms in total. The van der Waals surface area contributed by atoms with E-state index < -0.39 is 0 Å². The number of hydrazine groups is 1. The molecule has 0 radical (unpaired) electrons. The molecule has 2 N–H and O–H groups in total. The van der Waals surface area contributed by atoms with Crippen molar-refractivity contribution >= 4 is 29.5 Å². The highest BCUT2D eigenvalue weighted by Gasteiger charge is 2.05. The van der Waals surface area contributed by atoms with E-state index in [2.05, 4.69) is 20.8 Å². The Kier molecular flexibility index (Phi) is 5.29. The molecule has 0 fully saturated rings. The van der Waals surface area contributed by atoms with Gasteiger partial charge in [0, 0.05) is 24.6 Å². The summed E-state index contributed by atoms with van der Waals surface area (Å²) in [6.45, 7) is 1.41. The molecule has 0 bridgehead atoms. The number of carbonyl (C=O) groups is 1. The Balaban J connectivity index is 2.13. The van der Waals surface area contributed by atoms with Crippen molar-refractivity contribution < 1.29 is 4.79 Å². The maximum atomic E-state index is 10.7. The average molecular weight is 303 g/mol. The summed E-state index contributed by atoms with van der Waals surface area (Å²) in [5.41, 5.74) is 7.75. The number of nitrogens with zero attached hydrogens (tertiary/aromatic N) is 2. The van der Waals surface area contributed by atoms with Crippen molar-refractivity contribution in [2.75, 3.05) is 0 Å². The maximum absolute atomic E-state index is 10.7. The van der Waals surface area contributed by atoms with E-state index in [1.54, 1.807) is 12.4 Å². The van der Waals surface area contributed by atoms with Crippen molar-refractivity contribution in [1.29, 1.82) is 0 Å². The second-order valence-corrected chi connectivity index (χ2v) is 4.76. The summed E-state index contributed by atoms with van der Waals surface area (Å²) in [6.07, 6.45) is 5.45. The number of pyridine rings is 1. The fourth-order valence-electron chi connectivity index (χ4n) is 1.76. The number of carbonyl (C=O) groups excluding carboxylic acids is 1. The molecule has 0 saturated carbocycles. The number of hydrogen-bond acceptors (Lipinski definition) is 3. The van der Waals surface area contributed by atoms with E-state index in [1.807, 2.05) is 30.3 Å². The van der Waals surface area contributed by atoms with Crippen LogP contribution in [0.2, 0.25) is 5.02 Å². The Hall–Kier alpha value is -2.40. The van der Waals surface area contributed by atoms with Gasteiger partial charge in [0.25, 0.3) is 0 Å². The fourth-order valence-corrected chi connectivity index (χ4v) is 1.97. The van der Waals surface area contributed by atoms with Crippen LogP contribution in [0.25, 0.3) is 0 Å². The molecule has 0 aliphatic carbocycles. The maximum Gasteiger partial charge on any atom is 0.235 e. The van der Waals surface area contributed by atoms with E-state index in [0.29, 0.717) is 6.42 Å². The first-order valence-electron chi connectivity index (χ1n) is 6.38. The fraction of sp³-hybridized carbons (Fsp3) is 0.133. The highest BCUT2D eigenvalue weighted by Crippen LogP contribution is 2.24. The molecule has 0 atom stereocenters. The molecule has 2 aromatic rings. The van der Waals surface area contributed by atoms with E-state index in [-0.39, 0.29) is 5.91 Å². The topological polar surface area (TPSA) is 66.4 Å². The van der Waals surface area contributed by atoms with Gasteiger partial charge in [0.15, 0.2) is 0 Å². The number of halogens is 1. The van der Waals surface area contributed by atoms with Crippen molar-refractivity contribution in [3.05, 3.63) is 58.9 Å². The molecule has 0 aliphatic rings. The van der Waals surface area contributed by atoms with Crippen molar-refractivity contribution in [2.24, 2.45) is 4.99 Å². The lowest BCUT2D eigenvalue weighted by atomic mass is 10.0. The van der Waals surface area contributed by atoms with Gasteiger partial charge in [0.2, 0.25) is 5.91 Å². The molecular formula is C15H15ClN4O. The number of rotatable bonds is 5. The molecular weight excluding hydrogens is 288 g/mol. The number of nitrogens with one attached hydrogen (secondary N) is 2. The molecule has 108 valence electrons. The first-order valence-corrected chi connectivity index (χ1v) is 6.75. The van der Waals surface area contributed by atoms with E-state index in [9.17, 15) is 4.79 Å². The first kappa shape index (κ1) is 15.0. The first-order chi connectivity index (χ1) is 10.2. The van der Waals surface area contributed by atoms with E-state index in [0.717, 1.165) is 21.8 Å². The summed E-state index contributed by atoms with van der Waals surface area (Å²) in [6, 6.07) is 9.58. The number of benzene rings is 1. The van der Waals surface area contributed by atoms with Crippen LogP contribution >= 0.6 is 11.6 Å². The van der Waals surface area contributed by atoms with E-state index in [1.165, 1.54) is 13.3 Å². The van der Waals surface area contributed by atoms with Crippen LogP contribution in [0.1, 0.15) is 18.1 Å². The van der Waals surface area contributed by atoms with Gasteiger partial charge in [-0.2, -0.15) is 0 Å². The third-order valence-corrected chi connectivity index (χ3v) is 3.11. The SMILES string of the molecule is CC(=O)NNC=Nc1cnccc1Cc1ccccc1Cl. The quantitative estimate of drug-likeness (QED) is 0.507. The van der Waals surface area contributed by atoms with Crippen LogP contribution in [-0.4, -0.2) is 17.2 Å². The highest BCUT2D eigenvalue weighted by atomic mass is 35.5. The normalized spacial score (nSPS) is 10.6. The van der Waals surface area contributed by atoms with Gasteiger partial charge in [0.05, 0.1) is 11.9 Å². The van der Waals surface area contributed by atoms with Crippen molar-refractivity contribution in [3.63, 3.8) is 0 Å². The van der Waals surface area contributed by atoms with Gasteiger partial charge in [-0.25, -0.2) is 4.99 Å². The molecule has 0 aliphatic heterocycles. The smallest absolute Gasteiger partial charge is 0.235 e. The summed E-state index contributed by atoms with van der Waals surface area (Å²) in [4.78, 5) is 19.0. The van der Waals surface area contributed by atoms with Gasteiger partial charge < -0.3 is 0 Å². The number of aliphatic imine (C=N–C) groups is 1. The lowest BCUT2D eigenvalue weighted by Crippen LogP contribution is -2.34. The van der Waals surface area contributed by atoms with E-state index >= 15 is 0 Å². The minimum atomic E-state index is -0.191. The van der Waals surface area contributed by atoms with Crippen LogP contribution in [0.3, 0.4) is 0 Å². The second-order valence-electron chi connectivity index (χ2n) is 4.36. The lowest BCUT2D eigenvalue weighted by Gasteiger charge is -2.07. The average Bonchev–Trinajstić information content (AvgIpc) is 2.47. The molecule has 6 heteroatoms. The van der Waals surface area contributed by atoms with Crippen molar-refractivity contribution in [2.45, 2.75) is 13.3 Å². The van der Waals surface area contributed by atoms with Crippen LogP contribution < -0.4 is 10.9 Å². The monoisotopic (exact) mass is 302 g/mol. The Labute approximate surface area is 128 Å². The zero-order chi connectivity index (χ0) is 15.1. The van der Waals surface area contributed by atoms with Crippen LogP contribution in [-0.2, 0) is 11.2 Å². The number of amides is 1. The summed E-state index contributed by atoms with van der Waals surface area (Å²) >= 11 is 6.17. The predicted octanol–water partition coefficient (Wildman–Crippen LogP) is 2.63. The second kappa shape index (κ2) is 7.40. The molecule has 21 heavy (non-hydrogen) atoms. The Bertz CT molecular complexity index is 658. The predicted molar refractivity (Wildman–Crippen MR) is 83.6 cm³/mol. The molecule has 2 rings (SSSR count). The molecule has 1 amide bonds. The summed E-state index contributed by atoms with van der Waals surface area (Å²) in [5, 5.41) is 0.723. The van der Waals surface area contributed by atoms with Gasteiger partial charge in [-0.15, -0.1) is 0 Å².